The third-order valence-electron chi connectivity index (χ3n) is 2.34. The van der Waals surface area contributed by atoms with Crippen LogP contribution < -0.4 is 10.4 Å². The molecule has 0 aliphatic carbocycles. The van der Waals surface area contributed by atoms with Crippen molar-refractivity contribution in [2.75, 3.05) is 0 Å². The topological polar surface area (TPSA) is 0 Å². The molecule has 0 unspecified atom stereocenters. The molecule has 0 heterocycles. The van der Waals surface area contributed by atoms with E-state index in [0.29, 0.717) is 0 Å². The molecule has 0 atom stereocenters. The Morgan fingerprint density at radius 1 is 0.750 bits per heavy atom. The predicted octanol–water partition coefficient (Wildman–Crippen LogP) is 2.86. The Morgan fingerprint density at radius 2 is 1.25 bits per heavy atom. The van der Waals surface area contributed by atoms with Gasteiger partial charge in [0, 0.05) is 0 Å². The average Bonchev–Trinajstić information content (AvgIpc) is 2.31. The van der Waals surface area contributed by atoms with Gasteiger partial charge in [0.05, 0.1) is 0 Å². The highest BCUT2D eigenvalue weighted by molar-refractivity contribution is 7.56. The lowest BCUT2D eigenvalue weighted by molar-refractivity contribution is 0.628. The number of benzene rings is 2. The Kier molecular flexibility index (Phi) is 3.33. The van der Waals surface area contributed by atoms with Gasteiger partial charge >= 0.3 is 6.69 Å². The molecule has 0 spiro atoms. The quantitative estimate of drug-likeness (QED) is 0.582. The van der Waals surface area contributed by atoms with E-state index in [1.165, 1.54) is 12.1 Å². The minimum atomic E-state index is -2.70. The van der Waals surface area contributed by atoms with Crippen molar-refractivity contribution in [3.8, 4) is 0 Å². The molecule has 0 saturated heterocycles. The summed E-state index contributed by atoms with van der Waals surface area (Å²) in [6.07, 6.45) is 0. The van der Waals surface area contributed by atoms with Crippen LogP contribution in [-0.2, 0) is 0 Å². The molecule has 2 rings (SSSR count). The van der Waals surface area contributed by atoms with E-state index < -0.39 is 6.69 Å². The maximum absolute atomic E-state index is 12.8. The Hall–Kier alpha value is -0.833. The first-order valence-corrected chi connectivity index (χ1v) is 8.82. The molecule has 0 radical (unpaired) electrons. The summed E-state index contributed by atoms with van der Waals surface area (Å²) < 4.78 is 12.8. The van der Waals surface area contributed by atoms with E-state index in [-0.39, 0.29) is 5.82 Å². The van der Waals surface area contributed by atoms with Crippen LogP contribution in [0, 0.1) is 5.82 Å². The summed E-state index contributed by atoms with van der Waals surface area (Å²) in [7, 11) is 0. The minimum absolute atomic E-state index is 0.282. The Balaban J connectivity index is 2.43. The van der Waals surface area contributed by atoms with E-state index in [2.05, 4.69) is 0 Å². The lowest BCUT2D eigenvalue weighted by Crippen LogP contribution is -2.48. The summed E-state index contributed by atoms with van der Waals surface area (Å²) in [6, 6.07) is 15.5. The fourth-order valence-electron chi connectivity index (χ4n) is 1.47. The van der Waals surface area contributed by atoms with Gasteiger partial charge in [-0.15, -0.1) is 22.2 Å². The molecule has 0 aliphatic rings. The third-order valence-corrected chi connectivity index (χ3v) is 7.08. The Morgan fingerprint density at radius 3 is 1.81 bits per heavy atom. The van der Waals surface area contributed by atoms with E-state index >= 15 is 0 Å². The van der Waals surface area contributed by atoms with Gasteiger partial charge in [0.25, 0.3) is 0 Å². The summed E-state index contributed by atoms with van der Waals surface area (Å²) in [5.41, 5.74) is 0. The van der Waals surface area contributed by atoms with Gasteiger partial charge in [0.2, 0.25) is 0 Å². The van der Waals surface area contributed by atoms with Crippen LogP contribution >= 0.6 is 22.2 Å². The third kappa shape index (κ3) is 2.29. The van der Waals surface area contributed by atoms with Crippen molar-refractivity contribution in [1.29, 1.82) is 0 Å². The summed E-state index contributed by atoms with van der Waals surface area (Å²) >= 11 is 12.8. The molecule has 2 aromatic rings. The summed E-state index contributed by atoms with van der Waals surface area (Å²) in [6.45, 7) is -2.70. The highest BCUT2D eigenvalue weighted by Gasteiger charge is 2.33. The monoisotopic (exact) mass is 270 g/mol. The summed E-state index contributed by atoms with van der Waals surface area (Å²) in [5, 5.41) is 1.70. The number of rotatable bonds is 2. The molecule has 16 heavy (non-hydrogen) atoms. The van der Waals surface area contributed by atoms with Gasteiger partial charge in [-0.2, -0.15) is 0 Å². The van der Waals surface area contributed by atoms with Crippen molar-refractivity contribution in [2.45, 2.75) is 0 Å². The fraction of sp³-hybridized carbons (Fsp3) is 0. The molecule has 0 N–H and O–H groups in total. The first-order valence-electron chi connectivity index (χ1n) is 4.80. The zero-order valence-electron chi connectivity index (χ0n) is 8.33. The van der Waals surface area contributed by atoms with Gasteiger partial charge in [-0.25, -0.2) is 4.39 Å². The van der Waals surface area contributed by atoms with E-state index in [1.807, 2.05) is 30.3 Å². The van der Waals surface area contributed by atoms with Crippen LogP contribution in [0.5, 0.6) is 0 Å². The highest BCUT2D eigenvalue weighted by Crippen LogP contribution is 2.15. The Bertz CT molecular complexity index is 468. The normalized spacial score (nSPS) is 11.4. The van der Waals surface area contributed by atoms with Crippen molar-refractivity contribution in [3.05, 3.63) is 60.4 Å². The van der Waals surface area contributed by atoms with Crippen LogP contribution in [0.3, 0.4) is 0 Å². The molecule has 0 saturated carbocycles. The van der Waals surface area contributed by atoms with Crippen molar-refractivity contribution < 1.29 is 4.39 Å². The zero-order valence-corrected chi connectivity index (χ0v) is 10.8. The van der Waals surface area contributed by atoms with E-state index in [0.717, 1.165) is 10.4 Å². The molecule has 0 bridgehead atoms. The average molecular weight is 271 g/mol. The molecule has 0 aromatic heterocycles. The molecule has 0 aliphatic heterocycles. The van der Waals surface area contributed by atoms with Gasteiger partial charge in [0.1, 0.15) is 5.82 Å². The van der Waals surface area contributed by atoms with Crippen molar-refractivity contribution in [1.82, 2.24) is 0 Å². The van der Waals surface area contributed by atoms with Gasteiger partial charge in [0.15, 0.2) is 0 Å². The number of hydrogen-bond acceptors (Lipinski definition) is 0. The predicted molar refractivity (Wildman–Crippen MR) is 69.6 cm³/mol. The van der Waals surface area contributed by atoms with Crippen LogP contribution in [0.2, 0.25) is 0 Å². The van der Waals surface area contributed by atoms with Crippen LogP contribution in [0.25, 0.3) is 0 Å². The smallest absolute Gasteiger partial charge is 0.207 e. The summed E-state index contributed by atoms with van der Waals surface area (Å²) in [4.78, 5) is 0. The minimum Gasteiger partial charge on any atom is -0.207 e. The maximum Gasteiger partial charge on any atom is 0.310 e. The first kappa shape index (κ1) is 11.6. The molecule has 2 aromatic carbocycles. The number of hydrogen-bond donors (Lipinski definition) is 0. The highest BCUT2D eigenvalue weighted by atomic mass is 35.7. The first-order chi connectivity index (χ1) is 7.60. The maximum atomic E-state index is 12.8. The Labute approximate surface area is 104 Å². The largest absolute Gasteiger partial charge is 0.310 e. The van der Waals surface area contributed by atoms with Crippen LogP contribution in [-0.4, -0.2) is 6.69 Å². The zero-order chi connectivity index (χ0) is 11.6. The van der Waals surface area contributed by atoms with Crippen LogP contribution in [0.4, 0.5) is 4.39 Å². The molecular weight excluding hydrogens is 262 g/mol. The molecule has 0 nitrogen and oxygen atoms in total. The van der Waals surface area contributed by atoms with Gasteiger partial charge in [-0.05, 0) is 22.5 Å². The molecule has 4 heteroatoms. The molecular formula is C12H9Cl2FSi. The lowest BCUT2D eigenvalue weighted by Gasteiger charge is -2.17. The van der Waals surface area contributed by atoms with E-state index in [1.54, 1.807) is 12.1 Å². The number of halogens is 3. The van der Waals surface area contributed by atoms with Gasteiger partial charge in [-0.3, -0.25) is 0 Å². The fourth-order valence-corrected chi connectivity index (χ4v) is 4.51. The van der Waals surface area contributed by atoms with Gasteiger partial charge in [-0.1, -0.05) is 42.5 Å². The standard InChI is InChI=1S/C12H9Cl2FSi/c13-16(14,11-4-2-1-3-5-11)12-8-6-10(15)7-9-12/h1-9H. The summed E-state index contributed by atoms with van der Waals surface area (Å²) in [5.74, 6) is -0.282. The van der Waals surface area contributed by atoms with Gasteiger partial charge < -0.3 is 0 Å². The van der Waals surface area contributed by atoms with Crippen molar-refractivity contribution >= 4 is 39.2 Å². The van der Waals surface area contributed by atoms with Crippen molar-refractivity contribution in [2.24, 2.45) is 0 Å². The molecule has 82 valence electrons. The van der Waals surface area contributed by atoms with E-state index in [4.69, 9.17) is 22.2 Å². The van der Waals surface area contributed by atoms with Crippen molar-refractivity contribution in [3.63, 3.8) is 0 Å². The second-order valence-corrected chi connectivity index (χ2v) is 9.73. The van der Waals surface area contributed by atoms with Crippen LogP contribution in [0.1, 0.15) is 0 Å². The second kappa shape index (κ2) is 4.58. The SMILES string of the molecule is Fc1ccc([Si](Cl)(Cl)c2ccccc2)cc1. The second-order valence-electron chi connectivity index (χ2n) is 3.45. The lowest BCUT2D eigenvalue weighted by atomic mass is 10.3. The van der Waals surface area contributed by atoms with E-state index in [9.17, 15) is 4.39 Å². The van der Waals surface area contributed by atoms with Crippen LogP contribution in [0.15, 0.2) is 54.6 Å². The molecule has 0 fully saturated rings. The molecule has 0 amide bonds.